The number of rotatable bonds is 0. The molecule has 1 aliphatic carbocycles. The van der Waals surface area contributed by atoms with E-state index >= 15 is 0 Å². The SMILES string of the molecule is OB(O)F.OB(O)F.OB(O)F.OB(O)F.OB(O)F.OB(O)F.[N-]=[N+]=C1C=CC=CC1. The molecule has 0 unspecified atom stereocenters. The van der Waals surface area contributed by atoms with Crippen LogP contribution < -0.4 is 0 Å². The number of allylic oxidation sites excluding steroid dienone is 4. The number of nitrogens with zero attached hydrogens (tertiary/aromatic N) is 2. The van der Waals surface area contributed by atoms with Crippen LogP contribution in [-0.2, 0) is 0 Å². The van der Waals surface area contributed by atoms with Crippen LogP contribution >= 0.6 is 0 Å². The maximum atomic E-state index is 10.1. The van der Waals surface area contributed by atoms with Crippen molar-refractivity contribution in [2.45, 2.75) is 6.42 Å². The van der Waals surface area contributed by atoms with Gasteiger partial charge in [-0.1, -0.05) is 18.2 Å². The molecule has 0 radical (unpaired) electrons. The molecule has 14 nitrogen and oxygen atoms in total. The molecule has 0 aliphatic heterocycles. The minimum absolute atomic E-state index is 0.715. The third kappa shape index (κ3) is 304. The van der Waals surface area contributed by atoms with Crippen molar-refractivity contribution in [1.29, 1.82) is 0 Å². The molecule has 0 aromatic heterocycles. The second kappa shape index (κ2) is 36.7. The Morgan fingerprint density at radius 2 is 0.781 bits per heavy atom. The molecule has 0 spiro atoms. The zero-order chi connectivity index (χ0) is 27.3. The summed E-state index contributed by atoms with van der Waals surface area (Å²) in [6.07, 6.45) is 8.23. The van der Waals surface area contributed by atoms with E-state index in [4.69, 9.17) is 65.8 Å². The van der Waals surface area contributed by atoms with Gasteiger partial charge in [0.25, 0.3) is 5.71 Å². The minimum Gasteiger partial charge on any atom is -0.398 e. The molecule has 0 aromatic carbocycles. The lowest BCUT2D eigenvalue weighted by molar-refractivity contribution is -0.00539. The van der Waals surface area contributed by atoms with Crippen LogP contribution in [0.2, 0.25) is 0 Å². The van der Waals surface area contributed by atoms with Gasteiger partial charge >= 0.3 is 44.4 Å². The Morgan fingerprint density at radius 1 is 0.562 bits per heavy atom. The second-order valence-corrected chi connectivity index (χ2v) is 3.45. The van der Waals surface area contributed by atoms with Gasteiger partial charge in [-0.3, -0.25) is 25.9 Å². The molecule has 184 valence electrons. The molecule has 0 saturated heterocycles. The lowest BCUT2D eigenvalue weighted by Gasteiger charge is -1.85. The predicted molar refractivity (Wildman–Crippen MR) is 99.3 cm³/mol. The average Bonchev–Trinajstić information content (AvgIpc) is 2.52. The highest BCUT2D eigenvalue weighted by Crippen LogP contribution is 1.94. The van der Waals surface area contributed by atoms with Crippen molar-refractivity contribution in [2.75, 3.05) is 0 Å². The van der Waals surface area contributed by atoms with Gasteiger partial charge in [-0.05, 0) is 0 Å². The second-order valence-electron chi connectivity index (χ2n) is 3.45. The molecular formula is C6H18B6F6N2O12. The summed E-state index contributed by atoms with van der Waals surface area (Å²) in [6, 6.07) is 0. The van der Waals surface area contributed by atoms with Gasteiger partial charge in [0.2, 0.25) is 0 Å². The number of halogens is 6. The third-order valence-corrected chi connectivity index (χ3v) is 0.991. The molecule has 0 aromatic rings. The normalized spacial score (nSPS) is 9.12. The first-order chi connectivity index (χ1) is 14.3. The Hall–Kier alpha value is -1.65. The topological polar surface area (TPSA) is 279 Å². The first-order valence-electron chi connectivity index (χ1n) is 6.88. The van der Waals surface area contributed by atoms with Crippen molar-refractivity contribution in [1.82, 2.24) is 0 Å². The zero-order valence-electron chi connectivity index (χ0n) is 15.5. The van der Waals surface area contributed by atoms with Crippen molar-refractivity contribution in [3.05, 3.63) is 29.8 Å². The van der Waals surface area contributed by atoms with E-state index in [9.17, 15) is 25.9 Å². The predicted octanol–water partition coefficient (Wildman–Crippen LogP) is -5.27. The molecule has 0 amide bonds. The van der Waals surface area contributed by atoms with Gasteiger partial charge in [0.15, 0.2) is 0 Å². The third-order valence-electron chi connectivity index (χ3n) is 0.991. The molecule has 0 heterocycles. The molecule has 0 saturated carbocycles. The first kappa shape index (κ1) is 44.1. The summed E-state index contributed by atoms with van der Waals surface area (Å²) in [4.78, 5) is 3.03. The summed E-state index contributed by atoms with van der Waals surface area (Å²) < 4.78 is 60.7. The average molecular weight is 489 g/mol. The van der Waals surface area contributed by atoms with E-state index in [2.05, 4.69) is 4.79 Å². The summed E-state index contributed by atoms with van der Waals surface area (Å²) in [6.45, 7) is 0. The van der Waals surface area contributed by atoms with Crippen molar-refractivity contribution in [2.24, 2.45) is 0 Å². The summed E-state index contributed by atoms with van der Waals surface area (Å²) in [5.74, 6) is 0. The summed E-state index contributed by atoms with van der Waals surface area (Å²) in [5.41, 5.74) is 8.91. The molecule has 1 aliphatic rings. The summed E-state index contributed by atoms with van der Waals surface area (Å²) >= 11 is 0. The van der Waals surface area contributed by atoms with Crippen LogP contribution in [0.3, 0.4) is 0 Å². The molecule has 0 fully saturated rings. The van der Waals surface area contributed by atoms with Crippen LogP contribution in [0.5, 0.6) is 0 Å². The van der Waals surface area contributed by atoms with Crippen LogP contribution in [0.4, 0.5) is 25.9 Å². The maximum Gasteiger partial charge on any atom is 0.674 e. The Labute approximate surface area is 178 Å². The van der Waals surface area contributed by atoms with Gasteiger partial charge in [0.1, 0.15) is 0 Å². The van der Waals surface area contributed by atoms with E-state index in [0.29, 0.717) is 5.71 Å². The first-order valence-corrected chi connectivity index (χ1v) is 6.88. The quantitative estimate of drug-likeness (QED) is 0.0658. The molecule has 0 atom stereocenters. The lowest BCUT2D eigenvalue weighted by atomic mass is 10.2. The zero-order valence-corrected chi connectivity index (χ0v) is 15.5. The van der Waals surface area contributed by atoms with E-state index in [-0.39, 0.29) is 0 Å². The number of hydrogen-bond acceptors (Lipinski definition) is 12. The maximum absolute atomic E-state index is 10.1. The fraction of sp³-hybridized carbons (Fsp3) is 0.167. The Kier molecular flexibility index (Phi) is 50.6. The highest BCUT2D eigenvalue weighted by Gasteiger charge is 2.00. The minimum atomic E-state index is -2.67. The van der Waals surface area contributed by atoms with Crippen molar-refractivity contribution in [3.63, 3.8) is 0 Å². The van der Waals surface area contributed by atoms with Gasteiger partial charge in [-0.2, -0.15) is 4.79 Å². The molecule has 12 N–H and O–H groups in total. The van der Waals surface area contributed by atoms with Gasteiger partial charge < -0.3 is 65.8 Å². The van der Waals surface area contributed by atoms with Crippen molar-refractivity contribution >= 4 is 50.1 Å². The smallest absolute Gasteiger partial charge is 0.398 e. The number of hydrogen-bond donors (Lipinski definition) is 12. The van der Waals surface area contributed by atoms with Crippen LogP contribution in [0.15, 0.2) is 24.3 Å². The Bertz CT molecular complexity index is 399. The Morgan fingerprint density at radius 3 is 0.875 bits per heavy atom. The molecule has 0 bridgehead atoms. The van der Waals surface area contributed by atoms with E-state index in [1.807, 2.05) is 18.2 Å². The standard InChI is InChI=1S/C6H6N2.6BFH2O2/c7-8-6-4-2-1-3-5-6;6*2-1(3)4/h1-4H,5H2;6*3-4H. The highest BCUT2D eigenvalue weighted by atomic mass is 19.1. The molecule has 26 heteroatoms. The van der Waals surface area contributed by atoms with E-state index in [1.54, 1.807) is 6.08 Å². The van der Waals surface area contributed by atoms with Crippen LogP contribution in [0, 0.1) is 0 Å². The van der Waals surface area contributed by atoms with Crippen molar-refractivity contribution in [3.8, 4) is 0 Å². The van der Waals surface area contributed by atoms with Crippen LogP contribution in [-0.4, -0.2) is 115 Å². The fourth-order valence-electron chi connectivity index (χ4n) is 0.576. The molecular weight excluding hydrogens is 471 g/mol. The highest BCUT2D eigenvalue weighted by molar-refractivity contribution is 6.32. The fourth-order valence-corrected chi connectivity index (χ4v) is 0.576. The van der Waals surface area contributed by atoms with Crippen LogP contribution in [0.1, 0.15) is 6.42 Å². The van der Waals surface area contributed by atoms with E-state index in [1.165, 1.54) is 0 Å². The Balaban J connectivity index is -0.0000000635. The van der Waals surface area contributed by atoms with E-state index < -0.39 is 44.4 Å². The van der Waals surface area contributed by atoms with Crippen molar-refractivity contribution < 1.29 is 91.0 Å². The lowest BCUT2D eigenvalue weighted by Crippen LogP contribution is -1.98. The molecule has 1 rings (SSSR count). The van der Waals surface area contributed by atoms with Gasteiger partial charge in [-0.25, -0.2) is 0 Å². The van der Waals surface area contributed by atoms with E-state index in [0.717, 1.165) is 6.42 Å². The summed E-state index contributed by atoms with van der Waals surface area (Å²) in [5, 5.41) is 83.3. The van der Waals surface area contributed by atoms with Gasteiger partial charge in [-0.15, -0.1) is 0 Å². The summed E-state index contributed by atoms with van der Waals surface area (Å²) in [7, 11) is -16.0. The largest absolute Gasteiger partial charge is 0.674 e. The van der Waals surface area contributed by atoms with Gasteiger partial charge in [0, 0.05) is 6.08 Å². The van der Waals surface area contributed by atoms with Gasteiger partial charge in [0.05, 0.1) is 6.42 Å². The monoisotopic (exact) mass is 490 g/mol. The molecule has 32 heavy (non-hydrogen) atoms. The van der Waals surface area contributed by atoms with Crippen LogP contribution in [0.25, 0.3) is 5.53 Å².